The molecule has 0 aliphatic heterocycles. The van der Waals surface area contributed by atoms with Crippen molar-refractivity contribution in [3.05, 3.63) is 23.4 Å². The predicted octanol–water partition coefficient (Wildman–Crippen LogP) is 0.407. The third-order valence-corrected chi connectivity index (χ3v) is 1.17. The maximum absolute atomic E-state index is 8.46. The van der Waals surface area contributed by atoms with Gasteiger partial charge in [-0.2, -0.15) is 10.5 Å². The summed E-state index contributed by atoms with van der Waals surface area (Å²) in [5.41, 5.74) is 5.89. The highest BCUT2D eigenvalue weighted by Gasteiger charge is 1.99. The second-order valence-corrected chi connectivity index (χ2v) is 1.88. The van der Waals surface area contributed by atoms with Gasteiger partial charge in [-0.1, -0.05) is 0 Å². The molecule has 0 radical (unpaired) electrons. The molecule has 1 aromatic rings. The standard InChI is InChI=1S/C7H4N4/c8-2-5-1-6(3-9)7(10)11-4-5/h1,4H,(H2,10,11). The Morgan fingerprint density at radius 2 is 2.09 bits per heavy atom. The predicted molar refractivity (Wildman–Crippen MR) is 38.1 cm³/mol. The number of hydrogen-bond donors (Lipinski definition) is 1. The first-order valence-electron chi connectivity index (χ1n) is 2.83. The van der Waals surface area contributed by atoms with Crippen molar-refractivity contribution in [2.24, 2.45) is 0 Å². The van der Waals surface area contributed by atoms with E-state index in [1.165, 1.54) is 12.3 Å². The molecule has 1 heterocycles. The summed E-state index contributed by atoms with van der Waals surface area (Å²) in [6.45, 7) is 0. The van der Waals surface area contributed by atoms with Crippen molar-refractivity contribution in [2.75, 3.05) is 5.73 Å². The minimum atomic E-state index is 0.159. The SMILES string of the molecule is N#Cc1cnc(N)c(C#N)c1. The van der Waals surface area contributed by atoms with Crippen LogP contribution in [0.1, 0.15) is 11.1 Å². The second kappa shape index (κ2) is 2.68. The fraction of sp³-hybridized carbons (Fsp3) is 0. The van der Waals surface area contributed by atoms with E-state index in [2.05, 4.69) is 4.98 Å². The normalized spacial score (nSPS) is 8.18. The number of aromatic nitrogens is 1. The van der Waals surface area contributed by atoms with Crippen molar-refractivity contribution in [2.45, 2.75) is 0 Å². The Labute approximate surface area is 63.5 Å². The van der Waals surface area contributed by atoms with Gasteiger partial charge in [0.2, 0.25) is 0 Å². The molecule has 4 heteroatoms. The van der Waals surface area contributed by atoms with Crippen LogP contribution in [0.5, 0.6) is 0 Å². The molecule has 0 bridgehead atoms. The summed E-state index contributed by atoms with van der Waals surface area (Å²) in [6, 6.07) is 5.10. The van der Waals surface area contributed by atoms with E-state index >= 15 is 0 Å². The molecule has 2 N–H and O–H groups in total. The summed E-state index contributed by atoms with van der Waals surface area (Å²) < 4.78 is 0. The van der Waals surface area contributed by atoms with E-state index in [1.54, 1.807) is 0 Å². The van der Waals surface area contributed by atoms with Gasteiger partial charge in [-0.05, 0) is 6.07 Å². The first-order valence-corrected chi connectivity index (χ1v) is 2.83. The van der Waals surface area contributed by atoms with E-state index in [-0.39, 0.29) is 11.4 Å². The molecule has 0 saturated heterocycles. The van der Waals surface area contributed by atoms with Crippen LogP contribution in [0.2, 0.25) is 0 Å². The molecule has 11 heavy (non-hydrogen) atoms. The highest BCUT2D eigenvalue weighted by atomic mass is 14.8. The van der Waals surface area contributed by atoms with Gasteiger partial charge in [0.25, 0.3) is 0 Å². The minimum Gasteiger partial charge on any atom is -0.383 e. The number of nitrogen functional groups attached to an aromatic ring is 1. The Hall–Kier alpha value is -2.07. The van der Waals surface area contributed by atoms with Crippen LogP contribution < -0.4 is 5.73 Å². The van der Waals surface area contributed by atoms with Crippen molar-refractivity contribution in [1.29, 1.82) is 10.5 Å². The molecule has 0 aliphatic carbocycles. The number of hydrogen-bond acceptors (Lipinski definition) is 4. The molecule has 4 nitrogen and oxygen atoms in total. The zero-order valence-electron chi connectivity index (χ0n) is 5.57. The van der Waals surface area contributed by atoms with Gasteiger partial charge in [0.1, 0.15) is 18.0 Å². The van der Waals surface area contributed by atoms with Gasteiger partial charge >= 0.3 is 0 Å². The molecular weight excluding hydrogens is 140 g/mol. The summed E-state index contributed by atoms with van der Waals surface area (Å²) in [5, 5.41) is 16.9. The third-order valence-electron chi connectivity index (χ3n) is 1.17. The molecule has 0 unspecified atom stereocenters. The summed E-state index contributed by atoms with van der Waals surface area (Å²) in [4.78, 5) is 3.65. The Balaban J connectivity index is 3.29. The topological polar surface area (TPSA) is 86.5 Å². The number of nitriles is 2. The molecule has 52 valence electrons. The number of rotatable bonds is 0. The molecule has 0 amide bonds. The third kappa shape index (κ3) is 1.25. The molecule has 1 rings (SSSR count). The van der Waals surface area contributed by atoms with Crippen LogP contribution in [0.3, 0.4) is 0 Å². The fourth-order valence-corrected chi connectivity index (χ4v) is 0.626. The Bertz CT molecular complexity index is 356. The molecule has 1 aromatic heterocycles. The molecule has 0 aliphatic rings. The van der Waals surface area contributed by atoms with E-state index in [0.717, 1.165) is 0 Å². The van der Waals surface area contributed by atoms with E-state index in [1.807, 2.05) is 12.1 Å². The van der Waals surface area contributed by atoms with Crippen molar-refractivity contribution in [3.63, 3.8) is 0 Å². The molecule has 0 fully saturated rings. The van der Waals surface area contributed by atoms with E-state index in [9.17, 15) is 0 Å². The summed E-state index contributed by atoms with van der Waals surface area (Å²) in [6.07, 6.45) is 1.33. The maximum atomic E-state index is 8.46. The first kappa shape index (κ1) is 7.04. The minimum absolute atomic E-state index is 0.159. The lowest BCUT2D eigenvalue weighted by Gasteiger charge is -1.93. The zero-order valence-corrected chi connectivity index (χ0v) is 5.57. The van der Waals surface area contributed by atoms with Crippen LogP contribution in [0, 0.1) is 22.7 Å². The highest BCUT2D eigenvalue weighted by molar-refractivity contribution is 5.51. The first-order chi connectivity index (χ1) is 5.27. The number of nitrogens with two attached hydrogens (primary N) is 1. The van der Waals surface area contributed by atoms with Crippen molar-refractivity contribution in [3.8, 4) is 12.1 Å². The van der Waals surface area contributed by atoms with E-state index in [0.29, 0.717) is 5.56 Å². The number of pyridine rings is 1. The monoisotopic (exact) mass is 144 g/mol. The maximum Gasteiger partial charge on any atom is 0.141 e. The average molecular weight is 144 g/mol. The van der Waals surface area contributed by atoms with Gasteiger partial charge in [-0.15, -0.1) is 0 Å². The van der Waals surface area contributed by atoms with Crippen molar-refractivity contribution < 1.29 is 0 Å². The van der Waals surface area contributed by atoms with Crippen molar-refractivity contribution >= 4 is 5.82 Å². The average Bonchev–Trinajstić information content (AvgIpc) is 2.05. The molecule has 0 aromatic carbocycles. The van der Waals surface area contributed by atoms with Crippen molar-refractivity contribution in [1.82, 2.24) is 4.98 Å². The lowest BCUT2D eigenvalue weighted by Crippen LogP contribution is -1.94. The lowest BCUT2D eigenvalue weighted by molar-refractivity contribution is 1.29. The molecule has 0 saturated carbocycles. The largest absolute Gasteiger partial charge is 0.383 e. The van der Waals surface area contributed by atoms with Gasteiger partial charge in [0.05, 0.1) is 11.1 Å². The van der Waals surface area contributed by atoms with Gasteiger partial charge in [-0.3, -0.25) is 0 Å². The second-order valence-electron chi connectivity index (χ2n) is 1.88. The fourth-order valence-electron chi connectivity index (χ4n) is 0.626. The van der Waals surface area contributed by atoms with Gasteiger partial charge in [0, 0.05) is 6.20 Å². The Morgan fingerprint density at radius 3 is 2.64 bits per heavy atom. The molecular formula is C7H4N4. The van der Waals surface area contributed by atoms with Crippen LogP contribution in [-0.2, 0) is 0 Å². The highest BCUT2D eigenvalue weighted by Crippen LogP contribution is 2.07. The molecule has 0 atom stereocenters. The Morgan fingerprint density at radius 1 is 1.36 bits per heavy atom. The van der Waals surface area contributed by atoms with Gasteiger partial charge in [0.15, 0.2) is 0 Å². The van der Waals surface area contributed by atoms with Gasteiger partial charge in [-0.25, -0.2) is 4.98 Å². The number of anilines is 1. The van der Waals surface area contributed by atoms with Gasteiger partial charge < -0.3 is 5.73 Å². The van der Waals surface area contributed by atoms with E-state index in [4.69, 9.17) is 16.3 Å². The van der Waals surface area contributed by atoms with Crippen LogP contribution in [0.25, 0.3) is 0 Å². The van der Waals surface area contributed by atoms with Crippen LogP contribution >= 0.6 is 0 Å². The Kier molecular flexibility index (Phi) is 1.71. The summed E-state index contributed by atoms with van der Waals surface area (Å²) >= 11 is 0. The van der Waals surface area contributed by atoms with Crippen LogP contribution in [-0.4, -0.2) is 4.98 Å². The molecule has 0 spiro atoms. The van der Waals surface area contributed by atoms with E-state index < -0.39 is 0 Å². The quantitative estimate of drug-likeness (QED) is 0.571. The summed E-state index contributed by atoms with van der Waals surface area (Å²) in [5.74, 6) is 0.159. The smallest absolute Gasteiger partial charge is 0.141 e. The number of nitrogens with zero attached hydrogens (tertiary/aromatic N) is 3. The van der Waals surface area contributed by atoms with Crippen LogP contribution in [0.4, 0.5) is 5.82 Å². The lowest BCUT2D eigenvalue weighted by atomic mass is 10.2. The summed E-state index contributed by atoms with van der Waals surface area (Å²) in [7, 11) is 0. The zero-order chi connectivity index (χ0) is 8.27. The van der Waals surface area contributed by atoms with Crippen LogP contribution in [0.15, 0.2) is 12.3 Å².